The standard InChI is InChI=1S/C27H19N3.2C2H6/c1-2-3-9-20-16-21-14-15-22(17-25(21)24-13-8-7-12-23(20)24)27-29-18-28-26(30-27)19-10-5-4-6-11-19;2*1-2/h2-18H,1H2;2*1-2H3/b9-3-;;. The van der Waals surface area contributed by atoms with Gasteiger partial charge in [0.2, 0.25) is 0 Å². The van der Waals surface area contributed by atoms with Gasteiger partial charge in [-0.05, 0) is 39.2 Å². The third-order valence-corrected chi connectivity index (χ3v) is 5.17. The van der Waals surface area contributed by atoms with Crippen LogP contribution in [0.1, 0.15) is 33.3 Å². The van der Waals surface area contributed by atoms with Gasteiger partial charge in [0.05, 0.1) is 0 Å². The first kappa shape index (κ1) is 24.5. The van der Waals surface area contributed by atoms with E-state index in [2.05, 4.69) is 71.2 Å². The molecule has 0 fully saturated rings. The molecule has 1 heterocycles. The average molecular weight is 446 g/mol. The molecule has 3 nitrogen and oxygen atoms in total. The number of rotatable bonds is 4. The van der Waals surface area contributed by atoms with Crippen molar-refractivity contribution in [3.05, 3.63) is 109 Å². The Morgan fingerprint density at radius 2 is 1.29 bits per heavy atom. The van der Waals surface area contributed by atoms with E-state index in [1.165, 1.54) is 27.1 Å². The largest absolute Gasteiger partial charge is 0.217 e. The van der Waals surface area contributed by atoms with Crippen molar-refractivity contribution < 1.29 is 0 Å². The number of aromatic nitrogens is 3. The van der Waals surface area contributed by atoms with E-state index in [1.807, 2.05) is 64.1 Å². The Bertz CT molecular complexity index is 1400. The van der Waals surface area contributed by atoms with Crippen molar-refractivity contribution in [3.8, 4) is 22.8 Å². The molecule has 3 heteroatoms. The molecule has 0 N–H and O–H groups in total. The number of allylic oxidation sites excluding steroid dienone is 2. The smallest absolute Gasteiger partial charge is 0.163 e. The van der Waals surface area contributed by atoms with Crippen LogP contribution in [0.4, 0.5) is 0 Å². The Morgan fingerprint density at radius 1 is 0.647 bits per heavy atom. The zero-order valence-electron chi connectivity index (χ0n) is 20.4. The van der Waals surface area contributed by atoms with Crippen LogP contribution in [0.2, 0.25) is 0 Å². The van der Waals surface area contributed by atoms with Gasteiger partial charge in [-0.15, -0.1) is 0 Å². The van der Waals surface area contributed by atoms with E-state index in [1.54, 1.807) is 12.4 Å². The van der Waals surface area contributed by atoms with Gasteiger partial charge in [0.15, 0.2) is 11.6 Å². The van der Waals surface area contributed by atoms with E-state index in [4.69, 9.17) is 4.98 Å². The molecule has 0 amide bonds. The zero-order valence-corrected chi connectivity index (χ0v) is 20.4. The zero-order chi connectivity index (χ0) is 24.3. The molecule has 5 rings (SSSR count). The van der Waals surface area contributed by atoms with Crippen LogP contribution >= 0.6 is 0 Å². The molecule has 0 radical (unpaired) electrons. The van der Waals surface area contributed by atoms with Gasteiger partial charge in [-0.1, -0.05) is 119 Å². The van der Waals surface area contributed by atoms with Crippen molar-refractivity contribution in [2.24, 2.45) is 0 Å². The highest BCUT2D eigenvalue weighted by Gasteiger charge is 2.10. The third kappa shape index (κ3) is 5.26. The highest BCUT2D eigenvalue weighted by atomic mass is 15.0. The summed E-state index contributed by atoms with van der Waals surface area (Å²) in [6, 6.07) is 27.0. The minimum Gasteiger partial charge on any atom is -0.217 e. The second kappa shape index (κ2) is 12.2. The van der Waals surface area contributed by atoms with E-state index in [0.29, 0.717) is 11.6 Å². The lowest BCUT2D eigenvalue weighted by atomic mass is 9.95. The summed E-state index contributed by atoms with van der Waals surface area (Å²) < 4.78 is 0. The summed E-state index contributed by atoms with van der Waals surface area (Å²) >= 11 is 0. The van der Waals surface area contributed by atoms with E-state index >= 15 is 0 Å². The fraction of sp³-hybridized carbons (Fsp3) is 0.129. The molecular formula is C31H31N3. The summed E-state index contributed by atoms with van der Waals surface area (Å²) in [5, 5.41) is 4.78. The average Bonchev–Trinajstić information content (AvgIpc) is 2.94. The summed E-state index contributed by atoms with van der Waals surface area (Å²) in [5.74, 6) is 1.35. The number of fused-ring (bicyclic) bond motifs is 3. The number of hydrogen-bond donors (Lipinski definition) is 0. The molecule has 0 aliphatic heterocycles. The topological polar surface area (TPSA) is 38.7 Å². The molecule has 5 aromatic rings. The summed E-state index contributed by atoms with van der Waals surface area (Å²) in [7, 11) is 0. The van der Waals surface area contributed by atoms with Crippen LogP contribution in [0.25, 0.3) is 50.4 Å². The van der Waals surface area contributed by atoms with Gasteiger partial charge in [-0.25, -0.2) is 15.0 Å². The van der Waals surface area contributed by atoms with E-state index in [-0.39, 0.29) is 0 Å². The maximum atomic E-state index is 4.71. The van der Waals surface area contributed by atoms with Crippen molar-refractivity contribution in [2.75, 3.05) is 0 Å². The van der Waals surface area contributed by atoms with Crippen LogP contribution in [0, 0.1) is 0 Å². The van der Waals surface area contributed by atoms with E-state index < -0.39 is 0 Å². The van der Waals surface area contributed by atoms with E-state index in [9.17, 15) is 0 Å². The van der Waals surface area contributed by atoms with Crippen LogP contribution in [0.3, 0.4) is 0 Å². The van der Waals surface area contributed by atoms with Crippen LogP contribution in [-0.4, -0.2) is 15.0 Å². The Kier molecular flexibility index (Phi) is 8.81. The van der Waals surface area contributed by atoms with Crippen LogP contribution < -0.4 is 0 Å². The first-order valence-corrected chi connectivity index (χ1v) is 11.8. The predicted octanol–water partition coefficient (Wildman–Crippen LogP) is 8.76. The Hall–Kier alpha value is -4.11. The van der Waals surface area contributed by atoms with Crippen molar-refractivity contribution in [1.82, 2.24) is 15.0 Å². The fourth-order valence-corrected chi connectivity index (χ4v) is 3.74. The van der Waals surface area contributed by atoms with E-state index in [0.717, 1.165) is 11.1 Å². The monoisotopic (exact) mass is 445 g/mol. The third-order valence-electron chi connectivity index (χ3n) is 5.17. The molecule has 0 spiro atoms. The second-order valence-corrected chi connectivity index (χ2v) is 7.04. The first-order chi connectivity index (χ1) is 16.8. The lowest BCUT2D eigenvalue weighted by Crippen LogP contribution is -1.95. The lowest BCUT2D eigenvalue weighted by molar-refractivity contribution is 1.07. The van der Waals surface area contributed by atoms with Crippen molar-refractivity contribution in [1.29, 1.82) is 0 Å². The minimum atomic E-state index is 0.672. The fourth-order valence-electron chi connectivity index (χ4n) is 3.74. The Balaban J connectivity index is 0.000000771. The molecule has 170 valence electrons. The maximum absolute atomic E-state index is 4.71. The first-order valence-electron chi connectivity index (χ1n) is 11.8. The van der Waals surface area contributed by atoms with Gasteiger partial charge in [0, 0.05) is 11.1 Å². The van der Waals surface area contributed by atoms with Crippen LogP contribution in [-0.2, 0) is 0 Å². The summed E-state index contributed by atoms with van der Waals surface area (Å²) in [4.78, 5) is 13.5. The van der Waals surface area contributed by atoms with Crippen LogP contribution in [0.15, 0.2) is 104 Å². The molecule has 0 aliphatic carbocycles. The highest BCUT2D eigenvalue weighted by Crippen LogP contribution is 2.32. The van der Waals surface area contributed by atoms with Gasteiger partial charge >= 0.3 is 0 Å². The quantitative estimate of drug-likeness (QED) is 0.205. The number of nitrogens with zero attached hydrogens (tertiary/aromatic N) is 3. The number of benzene rings is 4. The summed E-state index contributed by atoms with van der Waals surface area (Å²) in [6.07, 6.45) is 7.45. The maximum Gasteiger partial charge on any atom is 0.163 e. The molecule has 34 heavy (non-hydrogen) atoms. The molecule has 0 bridgehead atoms. The molecule has 0 unspecified atom stereocenters. The van der Waals surface area contributed by atoms with Gasteiger partial charge < -0.3 is 0 Å². The van der Waals surface area contributed by atoms with Gasteiger partial charge in [0.25, 0.3) is 0 Å². The summed E-state index contributed by atoms with van der Waals surface area (Å²) in [5.41, 5.74) is 3.13. The number of hydrogen-bond acceptors (Lipinski definition) is 3. The lowest BCUT2D eigenvalue weighted by Gasteiger charge is -2.10. The molecule has 0 saturated carbocycles. The van der Waals surface area contributed by atoms with Crippen molar-refractivity contribution in [3.63, 3.8) is 0 Å². The highest BCUT2D eigenvalue weighted by molar-refractivity contribution is 6.11. The Morgan fingerprint density at radius 3 is 2.00 bits per heavy atom. The predicted molar refractivity (Wildman–Crippen MR) is 148 cm³/mol. The van der Waals surface area contributed by atoms with Gasteiger partial charge in [0.1, 0.15) is 6.33 Å². The van der Waals surface area contributed by atoms with Crippen molar-refractivity contribution in [2.45, 2.75) is 27.7 Å². The van der Waals surface area contributed by atoms with Crippen molar-refractivity contribution >= 4 is 27.6 Å². The molecule has 4 aromatic carbocycles. The van der Waals surface area contributed by atoms with Gasteiger partial charge in [-0.2, -0.15) is 0 Å². The SMILES string of the molecule is C=C/C=C\c1cc2ccc(-c3ncnc(-c4ccccc4)n3)cc2c2ccccc12.CC.CC. The normalized spacial score (nSPS) is 10.4. The molecule has 1 aromatic heterocycles. The molecule has 0 saturated heterocycles. The minimum absolute atomic E-state index is 0.672. The van der Waals surface area contributed by atoms with Crippen LogP contribution in [0.5, 0.6) is 0 Å². The van der Waals surface area contributed by atoms with Gasteiger partial charge in [-0.3, -0.25) is 0 Å². The Labute approximate surface area is 202 Å². The second-order valence-electron chi connectivity index (χ2n) is 7.04. The summed E-state index contributed by atoms with van der Waals surface area (Å²) in [6.45, 7) is 11.8. The molecular weight excluding hydrogens is 414 g/mol. The molecule has 0 aliphatic rings. The molecule has 0 atom stereocenters.